The summed E-state index contributed by atoms with van der Waals surface area (Å²) in [5, 5.41) is 1.51. The molecule has 0 aliphatic heterocycles. The fourth-order valence-electron chi connectivity index (χ4n) is 2.54. The van der Waals surface area contributed by atoms with Gasteiger partial charge in [-0.2, -0.15) is 0 Å². The molecule has 3 aromatic rings. The second kappa shape index (κ2) is 7.97. The van der Waals surface area contributed by atoms with Crippen LogP contribution in [0, 0.1) is 0 Å². The number of pyridine rings is 1. The fraction of sp³-hybridized carbons (Fsp3) is 0.0526. The Bertz CT molecular complexity index is 1010. The molecule has 0 atom stereocenters. The van der Waals surface area contributed by atoms with Gasteiger partial charge in [-0.3, -0.25) is 4.79 Å². The van der Waals surface area contributed by atoms with E-state index in [4.69, 9.17) is 39.5 Å². The molecule has 0 aliphatic carbocycles. The number of aromatic nitrogens is 1. The van der Waals surface area contributed by atoms with E-state index in [2.05, 4.69) is 20.9 Å². The average molecular weight is 472 g/mol. The van der Waals surface area contributed by atoms with Crippen LogP contribution < -0.4 is 4.74 Å². The van der Waals surface area contributed by atoms with Crippen molar-refractivity contribution in [2.45, 2.75) is 0 Å². The van der Waals surface area contributed by atoms with Gasteiger partial charge < -0.3 is 4.74 Å². The first-order valence-corrected chi connectivity index (χ1v) is 9.33. The van der Waals surface area contributed by atoms with Crippen LogP contribution in [0.15, 0.2) is 46.9 Å². The van der Waals surface area contributed by atoms with E-state index in [-0.39, 0.29) is 5.88 Å². The molecule has 0 unspecified atom stereocenters. The van der Waals surface area contributed by atoms with E-state index in [1.54, 1.807) is 24.3 Å². The van der Waals surface area contributed by atoms with Crippen LogP contribution in [0.5, 0.6) is 5.88 Å². The predicted molar refractivity (Wildman–Crippen MR) is 110 cm³/mol. The van der Waals surface area contributed by atoms with Gasteiger partial charge in [-0.1, -0.05) is 53.0 Å². The normalized spacial score (nSPS) is 10.7. The predicted octanol–water partition coefficient (Wildman–Crippen LogP) is 6.96. The van der Waals surface area contributed by atoms with Crippen LogP contribution in [0.2, 0.25) is 15.1 Å². The Morgan fingerprint density at radius 3 is 2.42 bits per heavy atom. The van der Waals surface area contributed by atoms with Crippen molar-refractivity contribution in [2.75, 3.05) is 7.11 Å². The number of aldehydes is 1. The quantitative estimate of drug-likeness (QED) is 0.305. The smallest absolute Gasteiger partial charge is 0.224 e. The van der Waals surface area contributed by atoms with Crippen molar-refractivity contribution < 1.29 is 9.53 Å². The minimum atomic E-state index is 0.238. The molecule has 2 aromatic carbocycles. The number of carbonyl (C=O) groups excluding carboxylic acids is 1. The molecule has 0 saturated carbocycles. The highest BCUT2D eigenvalue weighted by molar-refractivity contribution is 9.10. The molecule has 132 valence electrons. The lowest BCUT2D eigenvalue weighted by molar-refractivity contribution is 0.112. The maximum atomic E-state index is 11.1. The van der Waals surface area contributed by atoms with Crippen LogP contribution in [0.4, 0.5) is 0 Å². The highest BCUT2D eigenvalue weighted by Gasteiger charge is 2.16. The highest BCUT2D eigenvalue weighted by Crippen LogP contribution is 2.42. The van der Waals surface area contributed by atoms with Gasteiger partial charge in [0.2, 0.25) is 5.88 Å². The van der Waals surface area contributed by atoms with Gasteiger partial charge in [0, 0.05) is 26.2 Å². The lowest BCUT2D eigenvalue weighted by Gasteiger charge is -2.13. The molecule has 3 nitrogen and oxygen atoms in total. The molecule has 0 saturated heterocycles. The molecule has 26 heavy (non-hydrogen) atoms. The molecule has 1 heterocycles. The van der Waals surface area contributed by atoms with Gasteiger partial charge in [0.1, 0.15) is 0 Å². The Balaban J connectivity index is 2.19. The molecule has 0 fully saturated rings. The average Bonchev–Trinajstić information content (AvgIpc) is 2.64. The molecule has 0 amide bonds. The Hall–Kier alpha value is -1.59. The zero-order chi connectivity index (χ0) is 18.8. The monoisotopic (exact) mass is 469 g/mol. The van der Waals surface area contributed by atoms with Crippen molar-refractivity contribution in [3.63, 3.8) is 0 Å². The highest BCUT2D eigenvalue weighted by atomic mass is 79.9. The van der Waals surface area contributed by atoms with Gasteiger partial charge in [-0.05, 0) is 40.2 Å². The zero-order valence-electron chi connectivity index (χ0n) is 13.4. The number of rotatable bonds is 4. The topological polar surface area (TPSA) is 39.2 Å². The number of hydrogen-bond donors (Lipinski definition) is 0. The number of halogens is 4. The number of carbonyl (C=O) groups is 1. The first kappa shape index (κ1) is 19.2. The van der Waals surface area contributed by atoms with E-state index >= 15 is 0 Å². The summed E-state index contributed by atoms with van der Waals surface area (Å²) in [6.07, 6.45) is 0.691. The van der Waals surface area contributed by atoms with Crippen molar-refractivity contribution in [3.05, 3.63) is 67.6 Å². The van der Waals surface area contributed by atoms with Crippen LogP contribution >= 0.6 is 50.7 Å². The Morgan fingerprint density at radius 1 is 1.00 bits per heavy atom. The Morgan fingerprint density at radius 2 is 1.73 bits per heavy atom. The number of benzene rings is 2. The molecule has 0 spiro atoms. The van der Waals surface area contributed by atoms with Crippen molar-refractivity contribution in [2.24, 2.45) is 0 Å². The van der Waals surface area contributed by atoms with Gasteiger partial charge in [0.15, 0.2) is 6.29 Å². The van der Waals surface area contributed by atoms with E-state index < -0.39 is 0 Å². The maximum Gasteiger partial charge on any atom is 0.224 e. The molecule has 1 aromatic heterocycles. The second-order valence-electron chi connectivity index (χ2n) is 5.33. The number of hydrogen-bond acceptors (Lipinski definition) is 3. The van der Waals surface area contributed by atoms with Crippen molar-refractivity contribution in [1.29, 1.82) is 0 Å². The molecule has 0 radical (unpaired) electrons. The zero-order valence-corrected chi connectivity index (χ0v) is 17.2. The standard InChI is InChI=1S/C19H11BrCl3NO2/c1-26-19-10(9-25)5-6-16(24-19)13-4-2-3-12(17(13)22)14-7-11(21)8-15(20)18(14)23/h2-9H,1H3. The third-order valence-electron chi connectivity index (χ3n) is 3.77. The molecule has 0 N–H and O–H groups in total. The minimum Gasteiger partial charge on any atom is -0.480 e. The van der Waals surface area contributed by atoms with E-state index in [9.17, 15) is 4.79 Å². The van der Waals surface area contributed by atoms with Gasteiger partial charge in [-0.15, -0.1) is 0 Å². The summed E-state index contributed by atoms with van der Waals surface area (Å²) >= 11 is 22.6. The van der Waals surface area contributed by atoms with E-state index in [1.807, 2.05) is 18.2 Å². The summed E-state index contributed by atoms with van der Waals surface area (Å²) in [6.45, 7) is 0. The van der Waals surface area contributed by atoms with E-state index in [0.29, 0.717) is 48.2 Å². The van der Waals surface area contributed by atoms with E-state index in [1.165, 1.54) is 7.11 Å². The second-order valence-corrected chi connectivity index (χ2v) is 7.38. The van der Waals surface area contributed by atoms with Crippen LogP contribution in [-0.4, -0.2) is 18.4 Å². The molecular weight excluding hydrogens is 460 g/mol. The summed E-state index contributed by atoms with van der Waals surface area (Å²) in [7, 11) is 1.46. The van der Waals surface area contributed by atoms with Gasteiger partial charge >= 0.3 is 0 Å². The van der Waals surface area contributed by atoms with Gasteiger partial charge in [0.05, 0.1) is 28.4 Å². The van der Waals surface area contributed by atoms with Crippen LogP contribution in [-0.2, 0) is 0 Å². The molecule has 7 heteroatoms. The SMILES string of the molecule is COc1nc(-c2cccc(-c3cc(Cl)cc(Br)c3Cl)c2Cl)ccc1C=O. The largest absolute Gasteiger partial charge is 0.480 e. The van der Waals surface area contributed by atoms with Crippen LogP contribution in [0.3, 0.4) is 0 Å². The van der Waals surface area contributed by atoms with Crippen molar-refractivity contribution in [1.82, 2.24) is 4.98 Å². The Labute approximate surface area is 174 Å². The van der Waals surface area contributed by atoms with Crippen LogP contribution in [0.25, 0.3) is 22.4 Å². The van der Waals surface area contributed by atoms with Crippen molar-refractivity contribution in [3.8, 4) is 28.3 Å². The fourth-order valence-corrected chi connectivity index (χ4v) is 3.89. The third-order valence-corrected chi connectivity index (χ3v) is 5.65. The molecule has 0 aliphatic rings. The summed E-state index contributed by atoms with van der Waals surface area (Å²) in [5.74, 6) is 0.238. The lowest BCUT2D eigenvalue weighted by atomic mass is 10.0. The molecule has 3 rings (SSSR count). The van der Waals surface area contributed by atoms with Gasteiger partial charge in [-0.25, -0.2) is 4.98 Å². The van der Waals surface area contributed by atoms with E-state index in [0.717, 1.165) is 5.56 Å². The number of methoxy groups -OCH3 is 1. The molecule has 0 bridgehead atoms. The first-order chi connectivity index (χ1) is 12.5. The van der Waals surface area contributed by atoms with Crippen LogP contribution in [0.1, 0.15) is 10.4 Å². The number of nitrogens with zero attached hydrogens (tertiary/aromatic N) is 1. The first-order valence-electron chi connectivity index (χ1n) is 7.40. The third kappa shape index (κ3) is 3.60. The summed E-state index contributed by atoms with van der Waals surface area (Å²) in [5.41, 5.74) is 3.06. The minimum absolute atomic E-state index is 0.238. The summed E-state index contributed by atoms with van der Waals surface area (Å²) in [4.78, 5) is 15.4. The lowest BCUT2D eigenvalue weighted by Crippen LogP contribution is -1.96. The number of ether oxygens (including phenoxy) is 1. The van der Waals surface area contributed by atoms with Gasteiger partial charge in [0.25, 0.3) is 0 Å². The summed E-state index contributed by atoms with van der Waals surface area (Å²) < 4.78 is 5.85. The Kier molecular flexibility index (Phi) is 5.88. The van der Waals surface area contributed by atoms with Crippen molar-refractivity contribution >= 4 is 57.0 Å². The maximum absolute atomic E-state index is 11.1. The summed E-state index contributed by atoms with van der Waals surface area (Å²) in [6, 6.07) is 12.4. The molecular formula is C19H11BrCl3NO2.